The number of allylic oxidation sites excluding steroid dienone is 4. The lowest BCUT2D eigenvalue weighted by atomic mass is 9.84. The first-order chi connectivity index (χ1) is 29.1. The quantitative estimate of drug-likeness (QED) is 0.101. The molecule has 276 valence electrons. The Morgan fingerprint density at radius 3 is 1.69 bits per heavy atom. The van der Waals surface area contributed by atoms with E-state index in [4.69, 9.17) is 10.5 Å². The van der Waals surface area contributed by atoms with Gasteiger partial charge in [-0.2, -0.15) is 5.10 Å². The van der Waals surface area contributed by atoms with Crippen molar-refractivity contribution in [3.63, 3.8) is 0 Å². The molecular weight excluding hydrogens is 717 g/mol. The smallest absolute Gasteiger partial charge is 0.109 e. The van der Waals surface area contributed by atoms with E-state index in [1.54, 1.807) is 0 Å². The van der Waals surface area contributed by atoms with Crippen LogP contribution in [-0.4, -0.2) is 16.4 Å². The van der Waals surface area contributed by atoms with Crippen LogP contribution < -0.4 is 5.43 Å². The van der Waals surface area contributed by atoms with Crippen LogP contribution >= 0.6 is 0 Å². The Labute approximate surface area is 341 Å². The van der Waals surface area contributed by atoms with E-state index >= 15 is 0 Å². The number of fused-ring (bicyclic) bond motifs is 5. The van der Waals surface area contributed by atoms with Crippen molar-refractivity contribution < 1.29 is 0 Å². The highest BCUT2D eigenvalue weighted by Crippen LogP contribution is 2.45. The second kappa shape index (κ2) is 14.2. The van der Waals surface area contributed by atoms with Gasteiger partial charge < -0.3 is 0 Å². The van der Waals surface area contributed by atoms with Crippen molar-refractivity contribution in [2.75, 3.05) is 5.43 Å². The van der Waals surface area contributed by atoms with Crippen molar-refractivity contribution >= 4 is 76.7 Å². The van der Waals surface area contributed by atoms with Gasteiger partial charge in [0.2, 0.25) is 0 Å². The van der Waals surface area contributed by atoms with Crippen molar-refractivity contribution in [2.24, 2.45) is 5.10 Å². The molecule has 9 aromatic carbocycles. The Balaban J connectivity index is 1.02. The van der Waals surface area contributed by atoms with Gasteiger partial charge in [0.15, 0.2) is 0 Å². The van der Waals surface area contributed by atoms with Crippen LogP contribution in [-0.2, 0) is 0 Å². The van der Waals surface area contributed by atoms with Crippen molar-refractivity contribution in [1.29, 1.82) is 5.41 Å². The minimum absolute atomic E-state index is 0.350. The fourth-order valence-corrected chi connectivity index (χ4v) is 8.67. The first-order valence-electron chi connectivity index (χ1n) is 19.9. The molecule has 1 heterocycles. The Morgan fingerprint density at radius 1 is 0.441 bits per heavy atom. The lowest BCUT2D eigenvalue weighted by Crippen LogP contribution is -2.13. The maximum atomic E-state index is 8.79. The summed E-state index contributed by atoms with van der Waals surface area (Å²) in [5.41, 5.74) is 15.0. The first kappa shape index (κ1) is 34.3. The summed E-state index contributed by atoms with van der Waals surface area (Å²) in [6, 6.07) is 64.9. The maximum absolute atomic E-state index is 8.79. The number of hydrogen-bond donors (Lipinski definition) is 2. The SMILES string of the molecule is N=C1C=CC(c2ccc3c(-c4ccc5ccccc5c4)c4ccccc4c(-c4ccc5ccccc5c4)c3c2)=C/C1=N/Nc1ccc(-c2ccnc3ccccc23)cc1. The van der Waals surface area contributed by atoms with Crippen LogP contribution in [0, 0.1) is 5.41 Å². The molecule has 0 amide bonds. The van der Waals surface area contributed by atoms with E-state index in [2.05, 4.69) is 162 Å². The van der Waals surface area contributed by atoms with Gasteiger partial charge in [-0.3, -0.25) is 15.8 Å². The molecule has 4 heteroatoms. The van der Waals surface area contributed by atoms with E-state index in [0.717, 1.165) is 38.9 Å². The molecule has 2 N–H and O–H groups in total. The number of rotatable bonds is 6. The van der Waals surface area contributed by atoms with Gasteiger partial charge in [0.25, 0.3) is 0 Å². The second-order valence-corrected chi connectivity index (χ2v) is 15.1. The van der Waals surface area contributed by atoms with Crippen LogP contribution in [0.2, 0.25) is 0 Å². The number of hydrazone groups is 1. The Bertz CT molecular complexity index is 3420. The molecule has 1 aliphatic carbocycles. The second-order valence-electron chi connectivity index (χ2n) is 15.1. The van der Waals surface area contributed by atoms with Crippen LogP contribution in [0.3, 0.4) is 0 Å². The molecule has 0 aliphatic heterocycles. The summed E-state index contributed by atoms with van der Waals surface area (Å²) in [7, 11) is 0. The van der Waals surface area contributed by atoms with E-state index in [1.807, 2.05) is 54.8 Å². The third kappa shape index (κ3) is 6.15. The zero-order valence-corrected chi connectivity index (χ0v) is 32.0. The number of aromatic nitrogens is 1. The number of anilines is 1. The van der Waals surface area contributed by atoms with Crippen molar-refractivity contribution in [1.82, 2.24) is 4.98 Å². The van der Waals surface area contributed by atoms with Crippen molar-refractivity contribution in [3.8, 4) is 33.4 Å². The topological polar surface area (TPSA) is 61.1 Å². The van der Waals surface area contributed by atoms with Crippen LogP contribution in [0.1, 0.15) is 5.56 Å². The molecule has 11 rings (SSSR count). The average molecular weight is 753 g/mol. The molecule has 0 radical (unpaired) electrons. The summed E-state index contributed by atoms with van der Waals surface area (Å²) < 4.78 is 0. The predicted molar refractivity (Wildman–Crippen MR) is 250 cm³/mol. The highest BCUT2D eigenvalue weighted by atomic mass is 15.3. The lowest BCUT2D eigenvalue weighted by molar-refractivity contribution is 1.34. The summed E-state index contributed by atoms with van der Waals surface area (Å²) in [4.78, 5) is 4.52. The summed E-state index contributed by atoms with van der Waals surface area (Å²) in [5, 5.41) is 24.3. The molecule has 1 aliphatic rings. The summed E-state index contributed by atoms with van der Waals surface area (Å²) in [6.07, 6.45) is 7.73. The average Bonchev–Trinajstić information content (AvgIpc) is 3.30. The van der Waals surface area contributed by atoms with Gasteiger partial charge in [-0.15, -0.1) is 0 Å². The standard InChI is InChI=1S/C55H36N4/c56-51-28-24-41(34-53(51)59-58-44-25-21-37(22-26-44)45-29-30-57-52-16-8-7-13-46(45)52)40-23-27-49-50(33-40)55(43-20-18-36-10-2-4-12-39(36)32-43)48-15-6-5-14-47(48)54(49)42-19-17-35-9-1-3-11-38(35)31-42/h1-34,56,58H/b56-51?,59-53-. The van der Waals surface area contributed by atoms with Gasteiger partial charge in [0.1, 0.15) is 5.71 Å². The van der Waals surface area contributed by atoms with Crippen LogP contribution in [0.25, 0.3) is 92.9 Å². The summed E-state index contributed by atoms with van der Waals surface area (Å²) in [6.45, 7) is 0. The number of pyridine rings is 1. The monoisotopic (exact) mass is 752 g/mol. The van der Waals surface area contributed by atoms with Crippen LogP contribution in [0.15, 0.2) is 212 Å². The molecule has 59 heavy (non-hydrogen) atoms. The van der Waals surface area contributed by atoms with Gasteiger partial charge in [0, 0.05) is 11.6 Å². The normalized spacial score (nSPS) is 13.5. The van der Waals surface area contributed by atoms with Crippen LogP contribution in [0.5, 0.6) is 0 Å². The minimum atomic E-state index is 0.350. The zero-order valence-electron chi connectivity index (χ0n) is 32.0. The first-order valence-corrected chi connectivity index (χ1v) is 19.9. The van der Waals surface area contributed by atoms with Crippen LogP contribution in [0.4, 0.5) is 5.69 Å². The number of nitrogens with zero attached hydrogens (tertiary/aromatic N) is 2. The van der Waals surface area contributed by atoms with E-state index < -0.39 is 0 Å². The van der Waals surface area contributed by atoms with E-state index in [-0.39, 0.29) is 0 Å². The molecule has 1 aromatic heterocycles. The summed E-state index contributed by atoms with van der Waals surface area (Å²) in [5.74, 6) is 0. The fourth-order valence-electron chi connectivity index (χ4n) is 8.67. The van der Waals surface area contributed by atoms with Crippen molar-refractivity contribution in [3.05, 3.63) is 212 Å². The number of nitrogens with one attached hydrogen (secondary N) is 2. The van der Waals surface area contributed by atoms with Gasteiger partial charge in [0.05, 0.1) is 16.9 Å². The zero-order chi connectivity index (χ0) is 39.3. The molecule has 0 atom stereocenters. The van der Waals surface area contributed by atoms with Gasteiger partial charge in [-0.25, -0.2) is 0 Å². The maximum Gasteiger partial charge on any atom is 0.109 e. The molecule has 0 saturated carbocycles. The largest absolute Gasteiger partial charge is 0.299 e. The number of benzene rings is 9. The van der Waals surface area contributed by atoms with Crippen molar-refractivity contribution in [2.45, 2.75) is 0 Å². The molecule has 0 unspecified atom stereocenters. The Kier molecular flexibility index (Phi) is 8.26. The highest BCUT2D eigenvalue weighted by Gasteiger charge is 2.19. The van der Waals surface area contributed by atoms with Gasteiger partial charge in [-0.1, -0.05) is 146 Å². The molecule has 0 bridgehead atoms. The number of para-hydroxylation sites is 1. The van der Waals surface area contributed by atoms with E-state index in [9.17, 15) is 0 Å². The molecule has 0 spiro atoms. The Hall–Kier alpha value is -7.95. The summed E-state index contributed by atoms with van der Waals surface area (Å²) >= 11 is 0. The predicted octanol–water partition coefficient (Wildman–Crippen LogP) is 14.3. The fraction of sp³-hybridized carbons (Fsp3) is 0. The van der Waals surface area contributed by atoms with Gasteiger partial charge >= 0.3 is 0 Å². The molecular formula is C55H36N4. The third-order valence-electron chi connectivity index (χ3n) is 11.6. The van der Waals surface area contributed by atoms with Gasteiger partial charge in [-0.05, 0) is 142 Å². The third-order valence-corrected chi connectivity index (χ3v) is 11.6. The van der Waals surface area contributed by atoms with E-state index in [1.165, 1.54) is 65.3 Å². The molecule has 0 fully saturated rings. The molecule has 4 nitrogen and oxygen atoms in total. The van der Waals surface area contributed by atoms with E-state index in [0.29, 0.717) is 11.4 Å². The molecule has 10 aromatic rings. The number of hydrogen-bond acceptors (Lipinski definition) is 4. The minimum Gasteiger partial charge on any atom is -0.299 e. The highest BCUT2D eigenvalue weighted by molar-refractivity contribution is 6.51. The molecule has 0 saturated heterocycles. The lowest BCUT2D eigenvalue weighted by Gasteiger charge is -2.20. The Morgan fingerprint density at radius 2 is 1.00 bits per heavy atom.